The van der Waals surface area contributed by atoms with Crippen LogP contribution in [-0.4, -0.2) is 28.6 Å². The SMILES string of the molecule is CNC(=O)Cn1cc(NC(=O)c2ccc(Br)cc2F)cn1. The Hall–Kier alpha value is -2.22. The number of benzene rings is 1. The lowest BCUT2D eigenvalue weighted by molar-refractivity contribution is -0.121. The van der Waals surface area contributed by atoms with Crippen molar-refractivity contribution in [2.45, 2.75) is 6.54 Å². The van der Waals surface area contributed by atoms with Gasteiger partial charge in [-0.3, -0.25) is 14.3 Å². The van der Waals surface area contributed by atoms with Gasteiger partial charge in [-0.2, -0.15) is 5.10 Å². The first-order chi connectivity index (χ1) is 9.99. The van der Waals surface area contributed by atoms with Gasteiger partial charge in [0.15, 0.2) is 0 Å². The first kappa shape index (κ1) is 15.2. The number of nitrogens with zero attached hydrogens (tertiary/aromatic N) is 2. The number of anilines is 1. The fourth-order valence-electron chi connectivity index (χ4n) is 1.61. The van der Waals surface area contributed by atoms with Crippen LogP contribution < -0.4 is 10.6 Å². The van der Waals surface area contributed by atoms with E-state index in [4.69, 9.17) is 0 Å². The van der Waals surface area contributed by atoms with Crippen LogP contribution in [0.5, 0.6) is 0 Å². The molecule has 2 aromatic rings. The van der Waals surface area contributed by atoms with Crippen LogP contribution in [0, 0.1) is 5.82 Å². The van der Waals surface area contributed by atoms with Crippen LogP contribution in [0.4, 0.5) is 10.1 Å². The number of halogens is 2. The van der Waals surface area contributed by atoms with Crippen molar-refractivity contribution in [2.24, 2.45) is 0 Å². The molecule has 1 heterocycles. The molecule has 21 heavy (non-hydrogen) atoms. The van der Waals surface area contributed by atoms with Gasteiger partial charge in [-0.25, -0.2) is 4.39 Å². The molecule has 2 amide bonds. The van der Waals surface area contributed by atoms with Crippen LogP contribution in [0.15, 0.2) is 35.1 Å². The normalized spacial score (nSPS) is 10.2. The molecule has 6 nitrogen and oxygen atoms in total. The van der Waals surface area contributed by atoms with Crippen molar-refractivity contribution in [3.8, 4) is 0 Å². The van der Waals surface area contributed by atoms with Crippen molar-refractivity contribution >= 4 is 33.4 Å². The Morgan fingerprint density at radius 3 is 2.86 bits per heavy atom. The number of hydrogen-bond acceptors (Lipinski definition) is 3. The summed E-state index contributed by atoms with van der Waals surface area (Å²) in [6, 6.07) is 4.17. The molecular formula is C13H12BrFN4O2. The molecule has 0 bridgehead atoms. The summed E-state index contributed by atoms with van der Waals surface area (Å²) >= 11 is 3.12. The van der Waals surface area contributed by atoms with Crippen LogP contribution in [-0.2, 0) is 11.3 Å². The van der Waals surface area contributed by atoms with Crippen LogP contribution in [0.1, 0.15) is 10.4 Å². The summed E-state index contributed by atoms with van der Waals surface area (Å²) in [4.78, 5) is 23.1. The summed E-state index contributed by atoms with van der Waals surface area (Å²) in [6.45, 7) is 0.0407. The van der Waals surface area contributed by atoms with Crippen LogP contribution in [0.3, 0.4) is 0 Å². The minimum Gasteiger partial charge on any atom is -0.358 e. The second-order valence-electron chi connectivity index (χ2n) is 4.18. The Morgan fingerprint density at radius 2 is 2.19 bits per heavy atom. The van der Waals surface area contributed by atoms with Gasteiger partial charge in [0, 0.05) is 17.7 Å². The van der Waals surface area contributed by atoms with E-state index >= 15 is 0 Å². The van der Waals surface area contributed by atoms with Gasteiger partial charge in [0.05, 0.1) is 17.4 Å². The number of rotatable bonds is 4. The summed E-state index contributed by atoms with van der Waals surface area (Å²) < 4.78 is 15.6. The molecule has 8 heteroatoms. The predicted octanol–water partition coefficient (Wildman–Crippen LogP) is 1.78. The molecule has 0 radical (unpaired) electrons. The Balaban J connectivity index is 2.07. The highest BCUT2D eigenvalue weighted by Crippen LogP contribution is 2.16. The number of amides is 2. The molecule has 0 fully saturated rings. The van der Waals surface area contributed by atoms with E-state index in [-0.39, 0.29) is 18.0 Å². The first-order valence-corrected chi connectivity index (χ1v) is 6.78. The Morgan fingerprint density at radius 1 is 1.43 bits per heavy atom. The standard InChI is InChI=1S/C13H12BrFN4O2/c1-16-12(20)7-19-6-9(5-17-19)18-13(21)10-3-2-8(14)4-11(10)15/h2-6H,7H2,1H3,(H,16,20)(H,18,21). The lowest BCUT2D eigenvalue weighted by Gasteiger charge is -2.04. The zero-order valence-electron chi connectivity index (χ0n) is 11.1. The van der Waals surface area contributed by atoms with Crippen molar-refractivity contribution in [1.82, 2.24) is 15.1 Å². The smallest absolute Gasteiger partial charge is 0.258 e. The lowest BCUT2D eigenvalue weighted by atomic mass is 10.2. The molecular weight excluding hydrogens is 343 g/mol. The Kier molecular flexibility index (Phi) is 4.69. The molecule has 2 N–H and O–H groups in total. The molecule has 0 unspecified atom stereocenters. The minimum atomic E-state index is -0.625. The maximum Gasteiger partial charge on any atom is 0.258 e. The van der Waals surface area contributed by atoms with E-state index < -0.39 is 11.7 Å². The molecule has 1 aromatic heterocycles. The fourth-order valence-corrected chi connectivity index (χ4v) is 1.95. The van der Waals surface area contributed by atoms with Crippen LogP contribution in [0.25, 0.3) is 0 Å². The van der Waals surface area contributed by atoms with E-state index in [1.54, 1.807) is 6.07 Å². The highest BCUT2D eigenvalue weighted by atomic mass is 79.9. The maximum atomic E-state index is 13.7. The van der Waals surface area contributed by atoms with Crippen molar-refractivity contribution in [2.75, 3.05) is 12.4 Å². The number of hydrogen-bond donors (Lipinski definition) is 2. The molecule has 0 aliphatic rings. The predicted molar refractivity (Wildman–Crippen MR) is 78.3 cm³/mol. The Labute approximate surface area is 128 Å². The third kappa shape index (κ3) is 3.88. The zero-order valence-corrected chi connectivity index (χ0v) is 12.6. The zero-order chi connectivity index (χ0) is 15.4. The van der Waals surface area contributed by atoms with Gasteiger partial charge in [0.25, 0.3) is 5.91 Å². The van der Waals surface area contributed by atoms with Crippen LogP contribution >= 0.6 is 15.9 Å². The summed E-state index contributed by atoms with van der Waals surface area (Å²) in [6.07, 6.45) is 2.88. The molecule has 0 atom stereocenters. The second kappa shape index (κ2) is 6.49. The molecule has 1 aromatic carbocycles. The topological polar surface area (TPSA) is 76.0 Å². The van der Waals surface area contributed by atoms with Crippen molar-refractivity contribution in [3.63, 3.8) is 0 Å². The van der Waals surface area contributed by atoms with Crippen molar-refractivity contribution < 1.29 is 14.0 Å². The summed E-state index contributed by atoms with van der Waals surface area (Å²) in [5.74, 6) is -1.42. The average molecular weight is 355 g/mol. The number of carbonyl (C=O) groups excluding carboxylic acids is 2. The molecule has 0 saturated carbocycles. The van der Waals surface area contributed by atoms with Gasteiger partial charge in [-0.15, -0.1) is 0 Å². The van der Waals surface area contributed by atoms with Crippen molar-refractivity contribution in [1.29, 1.82) is 0 Å². The quantitative estimate of drug-likeness (QED) is 0.878. The average Bonchev–Trinajstić information content (AvgIpc) is 2.85. The number of aromatic nitrogens is 2. The molecule has 2 rings (SSSR count). The number of nitrogens with one attached hydrogen (secondary N) is 2. The van der Waals surface area contributed by atoms with Gasteiger partial charge in [0.2, 0.25) is 5.91 Å². The third-order valence-corrected chi connectivity index (χ3v) is 3.14. The summed E-state index contributed by atoms with van der Waals surface area (Å²) in [5.41, 5.74) is 0.309. The monoisotopic (exact) mass is 354 g/mol. The summed E-state index contributed by atoms with van der Waals surface area (Å²) in [7, 11) is 1.52. The van der Waals surface area contributed by atoms with Gasteiger partial charge in [-0.1, -0.05) is 15.9 Å². The highest BCUT2D eigenvalue weighted by molar-refractivity contribution is 9.10. The van der Waals surface area contributed by atoms with Crippen molar-refractivity contribution in [3.05, 3.63) is 46.4 Å². The third-order valence-electron chi connectivity index (χ3n) is 2.65. The van der Waals surface area contributed by atoms with E-state index in [0.717, 1.165) is 0 Å². The van der Waals surface area contributed by atoms with E-state index in [0.29, 0.717) is 10.2 Å². The van der Waals surface area contributed by atoms with Gasteiger partial charge in [-0.05, 0) is 18.2 Å². The van der Waals surface area contributed by atoms with Crippen LogP contribution in [0.2, 0.25) is 0 Å². The van der Waals surface area contributed by atoms with E-state index in [2.05, 4.69) is 31.7 Å². The van der Waals surface area contributed by atoms with E-state index in [9.17, 15) is 14.0 Å². The van der Waals surface area contributed by atoms with E-state index in [1.807, 2.05) is 0 Å². The second-order valence-corrected chi connectivity index (χ2v) is 5.09. The van der Waals surface area contributed by atoms with E-state index in [1.165, 1.54) is 36.3 Å². The molecule has 0 aliphatic heterocycles. The number of carbonyl (C=O) groups is 2. The molecule has 0 aliphatic carbocycles. The first-order valence-electron chi connectivity index (χ1n) is 5.99. The molecule has 0 saturated heterocycles. The fraction of sp³-hybridized carbons (Fsp3) is 0.154. The molecule has 0 spiro atoms. The maximum absolute atomic E-state index is 13.7. The van der Waals surface area contributed by atoms with Gasteiger partial charge < -0.3 is 10.6 Å². The minimum absolute atomic E-state index is 0.0407. The Bertz CT molecular complexity index is 687. The largest absolute Gasteiger partial charge is 0.358 e. The van der Waals surface area contributed by atoms with Gasteiger partial charge >= 0.3 is 0 Å². The highest BCUT2D eigenvalue weighted by Gasteiger charge is 2.13. The molecule has 110 valence electrons. The number of likely N-dealkylation sites (N-methyl/N-ethyl adjacent to an activating group) is 1. The van der Waals surface area contributed by atoms with Gasteiger partial charge in [0.1, 0.15) is 12.4 Å². The lowest BCUT2D eigenvalue weighted by Crippen LogP contribution is -2.23. The summed E-state index contributed by atoms with van der Waals surface area (Å²) in [5, 5.41) is 8.91.